The minimum absolute atomic E-state index is 0.0447. The molecule has 156 valence electrons. The first-order chi connectivity index (χ1) is 14.2. The second kappa shape index (κ2) is 7.52. The van der Waals surface area contributed by atoms with Gasteiger partial charge in [-0.05, 0) is 47.9 Å². The van der Waals surface area contributed by atoms with Crippen molar-refractivity contribution < 1.29 is 21.6 Å². The second-order valence-corrected chi connectivity index (χ2v) is 11.1. The first kappa shape index (κ1) is 20.6. The summed E-state index contributed by atoms with van der Waals surface area (Å²) in [5, 5.41) is -0.197. The average molecular weight is 444 g/mol. The molecular weight excluding hydrogens is 422 g/mol. The Morgan fingerprint density at radius 1 is 0.900 bits per heavy atom. The predicted octanol–water partition coefficient (Wildman–Crippen LogP) is 3.81. The van der Waals surface area contributed by atoms with E-state index < -0.39 is 19.7 Å². The largest absolute Gasteiger partial charge is 0.493 e. The molecule has 1 aromatic heterocycles. The number of pyridine rings is 1. The van der Waals surface area contributed by atoms with Gasteiger partial charge in [0.25, 0.3) is 0 Å². The highest BCUT2D eigenvalue weighted by Gasteiger charge is 2.35. The fraction of sp³-hybridized carbons (Fsp3) is 0.227. The van der Waals surface area contributed by atoms with Crippen molar-refractivity contribution in [3.8, 4) is 5.75 Å². The van der Waals surface area contributed by atoms with Crippen molar-refractivity contribution in [3.05, 3.63) is 71.9 Å². The molecular formula is C22H21NO5S2. The molecule has 0 aliphatic carbocycles. The summed E-state index contributed by atoms with van der Waals surface area (Å²) in [5.74, 6) is 0.637. The first-order valence-corrected chi connectivity index (χ1v) is 12.5. The van der Waals surface area contributed by atoms with E-state index in [1.165, 1.54) is 36.5 Å². The van der Waals surface area contributed by atoms with E-state index in [1.54, 1.807) is 24.3 Å². The number of fused-ring (bicyclic) bond motifs is 1. The number of hydrogen-bond donors (Lipinski definition) is 0. The number of sulfone groups is 2. The van der Waals surface area contributed by atoms with Crippen LogP contribution in [0.5, 0.6) is 5.75 Å². The lowest BCUT2D eigenvalue weighted by Gasteiger charge is -2.15. The third kappa shape index (κ3) is 3.40. The van der Waals surface area contributed by atoms with E-state index in [9.17, 15) is 16.8 Å². The molecule has 8 heteroatoms. The van der Waals surface area contributed by atoms with Crippen molar-refractivity contribution >= 4 is 19.7 Å². The molecule has 3 aromatic rings. The van der Waals surface area contributed by atoms with Crippen LogP contribution in [-0.2, 0) is 26.1 Å². The van der Waals surface area contributed by atoms with E-state index in [4.69, 9.17) is 4.74 Å². The fourth-order valence-electron chi connectivity index (χ4n) is 3.50. The fourth-order valence-corrected chi connectivity index (χ4v) is 7.05. The molecule has 0 N–H and O–H groups in total. The molecule has 0 saturated carbocycles. The quantitative estimate of drug-likeness (QED) is 0.596. The smallest absolute Gasteiger partial charge is 0.225 e. The number of nitrogens with zero attached hydrogens (tertiary/aromatic N) is 1. The SMILES string of the molecule is CC(C)c1ccc(S(=O)(=O)c2ccc3c(c2S(=O)(=O)c2ccccn2)CCO3)cc1. The maximum Gasteiger partial charge on any atom is 0.225 e. The van der Waals surface area contributed by atoms with Gasteiger partial charge in [0.15, 0.2) is 5.03 Å². The minimum atomic E-state index is -4.18. The first-order valence-electron chi connectivity index (χ1n) is 9.53. The lowest BCUT2D eigenvalue weighted by Crippen LogP contribution is -2.14. The lowest BCUT2D eigenvalue weighted by molar-refractivity contribution is 0.356. The van der Waals surface area contributed by atoms with E-state index in [1.807, 2.05) is 13.8 Å². The molecule has 4 rings (SSSR count). The third-order valence-electron chi connectivity index (χ3n) is 5.12. The van der Waals surface area contributed by atoms with Gasteiger partial charge in [-0.25, -0.2) is 21.8 Å². The van der Waals surface area contributed by atoms with Gasteiger partial charge < -0.3 is 4.74 Å². The predicted molar refractivity (Wildman–Crippen MR) is 111 cm³/mol. The number of benzene rings is 2. The summed E-state index contributed by atoms with van der Waals surface area (Å²) in [6.07, 6.45) is 1.68. The summed E-state index contributed by atoms with van der Waals surface area (Å²) in [7, 11) is -8.27. The molecule has 6 nitrogen and oxygen atoms in total. The molecule has 0 spiro atoms. The van der Waals surface area contributed by atoms with Crippen LogP contribution in [0.25, 0.3) is 0 Å². The van der Waals surface area contributed by atoms with Gasteiger partial charge in [-0.1, -0.05) is 32.0 Å². The summed E-state index contributed by atoms with van der Waals surface area (Å²) >= 11 is 0. The van der Waals surface area contributed by atoms with Gasteiger partial charge in [0.1, 0.15) is 5.75 Å². The molecule has 2 heterocycles. The minimum Gasteiger partial charge on any atom is -0.493 e. The molecule has 2 aromatic carbocycles. The van der Waals surface area contributed by atoms with Gasteiger partial charge in [0.05, 0.1) is 21.3 Å². The average Bonchev–Trinajstić information content (AvgIpc) is 3.22. The summed E-state index contributed by atoms with van der Waals surface area (Å²) in [6, 6.07) is 13.9. The Hall–Kier alpha value is -2.71. The highest BCUT2D eigenvalue weighted by molar-refractivity contribution is 7.94. The van der Waals surface area contributed by atoms with Crippen molar-refractivity contribution in [2.24, 2.45) is 0 Å². The summed E-state index contributed by atoms with van der Waals surface area (Å²) < 4.78 is 59.4. The molecule has 0 saturated heterocycles. The van der Waals surface area contributed by atoms with Crippen LogP contribution in [0.2, 0.25) is 0 Å². The van der Waals surface area contributed by atoms with Crippen LogP contribution in [0.1, 0.15) is 30.9 Å². The van der Waals surface area contributed by atoms with Gasteiger partial charge in [-0.2, -0.15) is 0 Å². The Kier molecular flexibility index (Phi) is 5.15. The number of aromatic nitrogens is 1. The molecule has 0 bridgehead atoms. The van der Waals surface area contributed by atoms with E-state index in [0.717, 1.165) is 5.56 Å². The zero-order valence-electron chi connectivity index (χ0n) is 16.6. The Balaban J connectivity index is 1.95. The van der Waals surface area contributed by atoms with E-state index in [-0.39, 0.29) is 25.6 Å². The van der Waals surface area contributed by atoms with Crippen molar-refractivity contribution in [3.63, 3.8) is 0 Å². The molecule has 0 atom stereocenters. The van der Waals surface area contributed by atoms with E-state index in [2.05, 4.69) is 4.98 Å². The van der Waals surface area contributed by atoms with Gasteiger partial charge in [-0.15, -0.1) is 0 Å². The van der Waals surface area contributed by atoms with Crippen molar-refractivity contribution in [2.45, 2.75) is 45.9 Å². The third-order valence-corrected chi connectivity index (χ3v) is 8.86. The Morgan fingerprint density at radius 2 is 1.63 bits per heavy atom. The van der Waals surface area contributed by atoms with Crippen LogP contribution in [0.4, 0.5) is 0 Å². The molecule has 0 fully saturated rings. The number of hydrogen-bond acceptors (Lipinski definition) is 6. The van der Waals surface area contributed by atoms with E-state index >= 15 is 0 Å². The van der Waals surface area contributed by atoms with Gasteiger partial charge >= 0.3 is 0 Å². The zero-order chi connectivity index (χ0) is 21.5. The number of rotatable bonds is 5. The van der Waals surface area contributed by atoms with E-state index in [0.29, 0.717) is 24.3 Å². The zero-order valence-corrected chi connectivity index (χ0v) is 18.2. The Labute approximate surface area is 176 Å². The molecule has 1 aliphatic rings. The van der Waals surface area contributed by atoms with Crippen molar-refractivity contribution in [1.82, 2.24) is 4.98 Å². The Bertz CT molecular complexity index is 1300. The normalized spacial score (nSPS) is 13.8. The van der Waals surface area contributed by atoms with Crippen LogP contribution in [0, 0.1) is 0 Å². The van der Waals surface area contributed by atoms with Crippen LogP contribution in [0.15, 0.2) is 80.5 Å². The van der Waals surface area contributed by atoms with Crippen LogP contribution in [0.3, 0.4) is 0 Å². The Morgan fingerprint density at radius 3 is 2.27 bits per heavy atom. The van der Waals surface area contributed by atoms with Crippen LogP contribution < -0.4 is 4.74 Å². The summed E-state index contributed by atoms with van der Waals surface area (Å²) in [4.78, 5) is 3.50. The maximum atomic E-state index is 13.5. The van der Waals surface area contributed by atoms with Gasteiger partial charge in [0, 0.05) is 18.2 Å². The molecule has 0 radical (unpaired) electrons. The second-order valence-electron chi connectivity index (χ2n) is 7.37. The molecule has 1 aliphatic heterocycles. The lowest BCUT2D eigenvalue weighted by atomic mass is 10.0. The van der Waals surface area contributed by atoms with Gasteiger partial charge in [-0.3, -0.25) is 0 Å². The summed E-state index contributed by atoms with van der Waals surface area (Å²) in [6.45, 7) is 4.33. The van der Waals surface area contributed by atoms with Crippen LogP contribution >= 0.6 is 0 Å². The van der Waals surface area contributed by atoms with Crippen LogP contribution in [-0.4, -0.2) is 28.4 Å². The maximum absolute atomic E-state index is 13.5. The van der Waals surface area contributed by atoms with Crippen molar-refractivity contribution in [1.29, 1.82) is 0 Å². The molecule has 30 heavy (non-hydrogen) atoms. The highest BCUT2D eigenvalue weighted by atomic mass is 32.2. The molecule has 0 unspecified atom stereocenters. The standard InChI is InChI=1S/C22H21NO5S2/c1-15(2)16-6-8-17(9-7-16)29(24,25)20-11-10-19-18(12-14-28-19)22(20)30(26,27)21-5-3-4-13-23-21/h3-11,13,15H,12,14H2,1-2H3. The number of ether oxygens (including phenoxy) is 1. The molecule has 0 amide bonds. The van der Waals surface area contributed by atoms with Crippen molar-refractivity contribution in [2.75, 3.05) is 6.61 Å². The highest BCUT2D eigenvalue weighted by Crippen LogP contribution is 2.40. The van der Waals surface area contributed by atoms with Gasteiger partial charge in [0.2, 0.25) is 19.7 Å². The monoisotopic (exact) mass is 443 g/mol. The summed E-state index contributed by atoms with van der Waals surface area (Å²) in [5.41, 5.74) is 1.37. The topological polar surface area (TPSA) is 90.4 Å².